The number of halogens is 2. The van der Waals surface area contributed by atoms with Crippen LogP contribution in [0.25, 0.3) is 0 Å². The third kappa shape index (κ3) is 2.72. The first-order chi connectivity index (χ1) is 9.63. The second kappa shape index (κ2) is 5.54. The Morgan fingerprint density at radius 1 is 1.25 bits per heavy atom. The van der Waals surface area contributed by atoms with Gasteiger partial charge in [-0.3, -0.25) is 0 Å². The molecule has 0 spiro atoms. The van der Waals surface area contributed by atoms with Crippen LogP contribution in [0.4, 0.5) is 5.69 Å². The molecule has 0 saturated heterocycles. The van der Waals surface area contributed by atoms with Crippen LogP contribution in [-0.4, -0.2) is 6.79 Å². The average Bonchev–Trinajstić information content (AvgIpc) is 2.89. The van der Waals surface area contributed by atoms with Gasteiger partial charge >= 0.3 is 0 Å². The highest BCUT2D eigenvalue weighted by Gasteiger charge is 2.18. The first kappa shape index (κ1) is 13.6. The highest BCUT2D eigenvalue weighted by atomic mass is 79.9. The summed E-state index contributed by atoms with van der Waals surface area (Å²) in [4.78, 5) is 0. The average molecular weight is 355 g/mol. The van der Waals surface area contributed by atoms with Crippen molar-refractivity contribution >= 4 is 33.2 Å². The summed E-state index contributed by atoms with van der Waals surface area (Å²) in [5, 5.41) is 3.96. The Balaban J connectivity index is 1.75. The summed E-state index contributed by atoms with van der Waals surface area (Å²) in [6.07, 6.45) is 0. The van der Waals surface area contributed by atoms with E-state index in [4.69, 9.17) is 21.1 Å². The summed E-state index contributed by atoms with van der Waals surface area (Å²) in [6, 6.07) is 10.0. The van der Waals surface area contributed by atoms with Crippen molar-refractivity contribution in [3.63, 3.8) is 0 Å². The van der Waals surface area contributed by atoms with E-state index in [1.54, 1.807) is 0 Å². The third-order valence-electron chi connectivity index (χ3n) is 3.14. The number of fused-ring (bicyclic) bond motifs is 1. The van der Waals surface area contributed by atoms with Crippen LogP contribution in [-0.2, 0) is 6.54 Å². The highest BCUT2D eigenvalue weighted by molar-refractivity contribution is 9.10. The number of hydrogen-bond acceptors (Lipinski definition) is 3. The van der Waals surface area contributed by atoms with Gasteiger partial charge in [0.15, 0.2) is 11.5 Å². The predicted molar refractivity (Wildman–Crippen MR) is 83.8 cm³/mol. The van der Waals surface area contributed by atoms with E-state index >= 15 is 0 Å². The Labute approximate surface area is 131 Å². The molecule has 3 rings (SSSR count). The van der Waals surface area contributed by atoms with Crippen molar-refractivity contribution in [3.8, 4) is 11.5 Å². The van der Waals surface area contributed by atoms with E-state index in [0.29, 0.717) is 23.1 Å². The predicted octanol–water partition coefficient (Wildman–Crippen LogP) is 4.75. The van der Waals surface area contributed by atoms with Crippen molar-refractivity contribution in [3.05, 3.63) is 51.0 Å². The van der Waals surface area contributed by atoms with Gasteiger partial charge < -0.3 is 14.8 Å². The minimum atomic E-state index is 0.234. The lowest BCUT2D eigenvalue weighted by atomic mass is 10.2. The second-order valence-electron chi connectivity index (χ2n) is 4.63. The van der Waals surface area contributed by atoms with Crippen LogP contribution in [0, 0.1) is 6.92 Å². The summed E-state index contributed by atoms with van der Waals surface area (Å²) in [7, 11) is 0. The molecule has 2 aromatic carbocycles. The molecule has 0 fully saturated rings. The molecule has 0 atom stereocenters. The molecule has 104 valence electrons. The molecule has 0 amide bonds. The number of hydrogen-bond donors (Lipinski definition) is 1. The summed E-state index contributed by atoms with van der Waals surface area (Å²) >= 11 is 9.66. The third-order valence-corrected chi connectivity index (χ3v) is 4.31. The van der Waals surface area contributed by atoms with Gasteiger partial charge in [0.2, 0.25) is 6.79 Å². The lowest BCUT2D eigenvalue weighted by Gasteiger charge is -2.09. The molecule has 0 saturated carbocycles. The largest absolute Gasteiger partial charge is 0.454 e. The second-order valence-corrected chi connectivity index (χ2v) is 5.89. The van der Waals surface area contributed by atoms with Crippen LogP contribution in [0.3, 0.4) is 0 Å². The molecule has 0 aromatic heterocycles. The van der Waals surface area contributed by atoms with Crippen molar-refractivity contribution < 1.29 is 9.47 Å². The molecule has 2 aromatic rings. The number of nitrogens with one attached hydrogen (secondary N) is 1. The standard InChI is InChI=1S/C15H13BrClNO2/c1-9-4-11(2-3-12(9)16)18-7-10-5-13(17)15-14(6-10)19-8-20-15/h2-6,18H,7-8H2,1H3. The van der Waals surface area contributed by atoms with E-state index in [1.807, 2.05) is 24.3 Å². The van der Waals surface area contributed by atoms with E-state index in [-0.39, 0.29) is 6.79 Å². The van der Waals surface area contributed by atoms with E-state index in [2.05, 4.69) is 34.2 Å². The Morgan fingerprint density at radius 2 is 2.10 bits per heavy atom. The van der Waals surface area contributed by atoms with Crippen LogP contribution < -0.4 is 14.8 Å². The summed E-state index contributed by atoms with van der Waals surface area (Å²) < 4.78 is 11.8. The van der Waals surface area contributed by atoms with Crippen molar-refractivity contribution in [2.24, 2.45) is 0 Å². The molecule has 0 unspecified atom stereocenters. The molecule has 1 aliphatic rings. The quantitative estimate of drug-likeness (QED) is 0.862. The zero-order valence-corrected chi connectivity index (χ0v) is 13.2. The van der Waals surface area contributed by atoms with Gasteiger partial charge in [-0.05, 0) is 48.4 Å². The molecule has 1 aliphatic heterocycles. The number of anilines is 1. The van der Waals surface area contributed by atoms with E-state index in [9.17, 15) is 0 Å². The summed E-state index contributed by atoms with van der Waals surface area (Å²) in [6.45, 7) is 2.97. The molecule has 0 radical (unpaired) electrons. The fourth-order valence-corrected chi connectivity index (χ4v) is 2.62. The Kier molecular flexibility index (Phi) is 3.76. The molecule has 5 heteroatoms. The molecule has 20 heavy (non-hydrogen) atoms. The van der Waals surface area contributed by atoms with E-state index in [1.165, 1.54) is 5.56 Å². The van der Waals surface area contributed by atoms with Crippen LogP contribution in [0.1, 0.15) is 11.1 Å². The monoisotopic (exact) mass is 353 g/mol. The number of rotatable bonds is 3. The van der Waals surface area contributed by atoms with Gasteiger partial charge in [0.05, 0.1) is 5.02 Å². The van der Waals surface area contributed by atoms with Crippen LogP contribution >= 0.6 is 27.5 Å². The van der Waals surface area contributed by atoms with Gasteiger partial charge in [-0.15, -0.1) is 0 Å². The molecule has 1 N–H and O–H groups in total. The SMILES string of the molecule is Cc1cc(NCc2cc(Cl)c3c(c2)OCO3)ccc1Br. The van der Waals surface area contributed by atoms with Gasteiger partial charge in [-0.25, -0.2) is 0 Å². The van der Waals surface area contributed by atoms with Gasteiger partial charge in [0, 0.05) is 16.7 Å². The van der Waals surface area contributed by atoms with Crippen LogP contribution in [0.2, 0.25) is 5.02 Å². The van der Waals surface area contributed by atoms with Gasteiger partial charge in [-0.1, -0.05) is 27.5 Å². The Bertz CT molecular complexity index is 661. The molecule has 3 nitrogen and oxygen atoms in total. The highest BCUT2D eigenvalue weighted by Crippen LogP contribution is 2.39. The van der Waals surface area contributed by atoms with Crippen molar-refractivity contribution in [1.82, 2.24) is 0 Å². The van der Waals surface area contributed by atoms with Crippen LogP contribution in [0.5, 0.6) is 11.5 Å². The van der Waals surface area contributed by atoms with Crippen molar-refractivity contribution in [2.45, 2.75) is 13.5 Å². The van der Waals surface area contributed by atoms with Gasteiger partial charge in [0.25, 0.3) is 0 Å². The Hall–Kier alpha value is -1.39. The fraction of sp³-hybridized carbons (Fsp3) is 0.200. The first-order valence-corrected chi connectivity index (χ1v) is 7.38. The lowest BCUT2D eigenvalue weighted by molar-refractivity contribution is 0.174. The number of ether oxygens (including phenoxy) is 2. The van der Waals surface area contributed by atoms with Crippen molar-refractivity contribution in [2.75, 3.05) is 12.1 Å². The minimum absolute atomic E-state index is 0.234. The van der Waals surface area contributed by atoms with E-state index in [0.717, 1.165) is 15.7 Å². The smallest absolute Gasteiger partial charge is 0.231 e. The zero-order valence-electron chi connectivity index (χ0n) is 10.9. The van der Waals surface area contributed by atoms with Crippen molar-refractivity contribution in [1.29, 1.82) is 0 Å². The lowest BCUT2D eigenvalue weighted by Crippen LogP contribution is -1.99. The fourth-order valence-electron chi connectivity index (χ4n) is 2.08. The van der Waals surface area contributed by atoms with E-state index < -0.39 is 0 Å². The molecular formula is C15H13BrClNO2. The maximum Gasteiger partial charge on any atom is 0.231 e. The Morgan fingerprint density at radius 3 is 2.90 bits per heavy atom. The zero-order chi connectivity index (χ0) is 14.1. The number of benzene rings is 2. The van der Waals surface area contributed by atoms with Crippen LogP contribution in [0.15, 0.2) is 34.8 Å². The molecule has 0 aliphatic carbocycles. The molecule has 1 heterocycles. The summed E-state index contributed by atoms with van der Waals surface area (Å²) in [5.41, 5.74) is 3.32. The summed E-state index contributed by atoms with van der Waals surface area (Å²) in [5.74, 6) is 1.34. The number of aryl methyl sites for hydroxylation is 1. The maximum atomic E-state index is 6.16. The van der Waals surface area contributed by atoms with Gasteiger partial charge in [0.1, 0.15) is 0 Å². The topological polar surface area (TPSA) is 30.5 Å². The molecule has 0 bridgehead atoms. The minimum Gasteiger partial charge on any atom is -0.454 e. The first-order valence-electron chi connectivity index (χ1n) is 6.21. The normalized spacial score (nSPS) is 12.6. The van der Waals surface area contributed by atoms with Gasteiger partial charge in [-0.2, -0.15) is 0 Å². The molecular weight excluding hydrogens is 342 g/mol. The maximum absolute atomic E-state index is 6.16.